The number of halogens is 2. The van der Waals surface area contributed by atoms with E-state index in [2.05, 4.69) is 6.92 Å². The van der Waals surface area contributed by atoms with Crippen molar-refractivity contribution in [1.82, 2.24) is 0 Å². The van der Waals surface area contributed by atoms with Crippen molar-refractivity contribution >= 4 is 35.0 Å². The van der Waals surface area contributed by atoms with Crippen molar-refractivity contribution in [2.24, 2.45) is 11.3 Å². The monoisotopic (exact) mass is 482 g/mol. The molecule has 1 unspecified atom stereocenters. The number of Topliss-reactive ketones (excluding diaryl/α,β-unsaturated/α-hetero) is 1. The van der Waals surface area contributed by atoms with Crippen LogP contribution in [-0.2, 0) is 11.2 Å². The number of aliphatic carboxylic acids is 1. The van der Waals surface area contributed by atoms with Gasteiger partial charge in [0.1, 0.15) is 10.8 Å². The normalized spacial score (nSPS) is 19.9. The summed E-state index contributed by atoms with van der Waals surface area (Å²) in [5.41, 5.74) is 1.27. The smallest absolute Gasteiger partial charge is 0.303 e. The maximum absolute atomic E-state index is 13.5. The van der Waals surface area contributed by atoms with Crippen molar-refractivity contribution in [1.29, 1.82) is 0 Å². The molecule has 3 rings (SSSR count). The predicted octanol–water partition coefficient (Wildman–Crippen LogP) is 7.90. The molecule has 0 aromatic heterocycles. The number of benzene rings is 1. The van der Waals surface area contributed by atoms with E-state index >= 15 is 0 Å². The second kappa shape index (κ2) is 11.7. The highest BCUT2D eigenvalue weighted by Crippen LogP contribution is 2.51. The number of unbranched alkanes of at least 4 members (excludes halogenated alkanes) is 5. The third-order valence-corrected chi connectivity index (χ3v) is 7.87. The lowest BCUT2D eigenvalue weighted by Crippen LogP contribution is -2.28. The Hall–Kier alpha value is -1.26. The Bertz CT molecular complexity index is 819. The molecule has 0 bridgehead atoms. The summed E-state index contributed by atoms with van der Waals surface area (Å²) in [6, 6.07) is 1.94. The molecule has 0 spiro atoms. The Morgan fingerprint density at radius 1 is 1.09 bits per heavy atom. The van der Waals surface area contributed by atoms with Gasteiger partial charge in [-0.25, -0.2) is 0 Å². The molecule has 0 radical (unpaired) electrons. The Labute approximate surface area is 202 Å². The van der Waals surface area contributed by atoms with Crippen LogP contribution >= 0.6 is 23.2 Å². The lowest BCUT2D eigenvalue weighted by molar-refractivity contribution is -0.137. The number of carbonyl (C=O) groups excluding carboxylic acids is 1. The van der Waals surface area contributed by atoms with E-state index in [-0.39, 0.29) is 17.6 Å². The number of carbonyl (C=O) groups is 2. The highest BCUT2D eigenvalue weighted by molar-refractivity contribution is 6.45. The average Bonchev–Trinajstić information content (AvgIpc) is 3.55. The Balaban J connectivity index is 1.60. The number of rotatable bonds is 15. The highest BCUT2D eigenvalue weighted by atomic mass is 35.5. The summed E-state index contributed by atoms with van der Waals surface area (Å²) in [6.07, 6.45) is 13.2. The standard InChI is InChI=1S/C26H36Cl2O4/c1-2-3-13-26(14-12-18-10-11-18)17-19-16-20(23(27)24(28)22(19)25(26)31)32-15-8-6-4-5-7-9-21(29)30/h16,18H,2-15,17H2,1H3,(H,29,30). The van der Waals surface area contributed by atoms with Crippen LogP contribution in [-0.4, -0.2) is 23.5 Å². The fourth-order valence-electron chi connectivity index (χ4n) is 4.87. The number of ketones is 1. The van der Waals surface area contributed by atoms with Gasteiger partial charge in [0.15, 0.2) is 5.78 Å². The minimum atomic E-state index is -0.735. The van der Waals surface area contributed by atoms with Gasteiger partial charge in [-0.05, 0) is 56.1 Å². The Morgan fingerprint density at radius 3 is 2.50 bits per heavy atom. The van der Waals surface area contributed by atoms with Crippen molar-refractivity contribution < 1.29 is 19.4 Å². The van der Waals surface area contributed by atoms with Crippen LogP contribution in [0, 0.1) is 11.3 Å². The molecule has 1 aromatic rings. The number of carboxylic acid groups (broad SMARTS) is 1. The van der Waals surface area contributed by atoms with Crippen LogP contribution in [0.25, 0.3) is 0 Å². The summed E-state index contributed by atoms with van der Waals surface area (Å²) in [6.45, 7) is 2.70. The third kappa shape index (κ3) is 6.41. The zero-order valence-electron chi connectivity index (χ0n) is 19.2. The zero-order chi connectivity index (χ0) is 23.1. The van der Waals surface area contributed by atoms with Crippen LogP contribution in [0.5, 0.6) is 5.75 Å². The number of hydrogen-bond donors (Lipinski definition) is 1. The summed E-state index contributed by atoms with van der Waals surface area (Å²) >= 11 is 13.1. The minimum absolute atomic E-state index is 0.182. The molecule has 4 nitrogen and oxygen atoms in total. The van der Waals surface area contributed by atoms with Gasteiger partial charge >= 0.3 is 5.97 Å². The van der Waals surface area contributed by atoms with E-state index in [0.717, 1.165) is 82.1 Å². The van der Waals surface area contributed by atoms with Gasteiger partial charge in [-0.1, -0.05) is 75.1 Å². The van der Waals surface area contributed by atoms with Crippen LogP contribution in [0.15, 0.2) is 6.07 Å². The summed E-state index contributed by atoms with van der Waals surface area (Å²) in [5.74, 6) is 0.817. The van der Waals surface area contributed by atoms with Gasteiger partial charge in [0.05, 0.1) is 11.6 Å². The van der Waals surface area contributed by atoms with Gasteiger partial charge in [-0.2, -0.15) is 0 Å². The Kier molecular flexibility index (Phi) is 9.31. The van der Waals surface area contributed by atoms with Crippen molar-refractivity contribution in [3.8, 4) is 5.75 Å². The van der Waals surface area contributed by atoms with Crippen molar-refractivity contribution in [3.63, 3.8) is 0 Å². The molecule has 2 aliphatic carbocycles. The van der Waals surface area contributed by atoms with E-state index in [0.29, 0.717) is 28.0 Å². The molecule has 1 fully saturated rings. The quantitative estimate of drug-likeness (QED) is 0.258. The summed E-state index contributed by atoms with van der Waals surface area (Å²) in [5, 5.41) is 9.37. The average molecular weight is 483 g/mol. The van der Waals surface area contributed by atoms with Gasteiger partial charge in [-0.3, -0.25) is 9.59 Å². The molecule has 0 heterocycles. The topological polar surface area (TPSA) is 63.6 Å². The van der Waals surface area contributed by atoms with Gasteiger partial charge in [-0.15, -0.1) is 0 Å². The fourth-order valence-corrected chi connectivity index (χ4v) is 5.38. The molecule has 1 saturated carbocycles. The summed E-state index contributed by atoms with van der Waals surface area (Å²) in [7, 11) is 0. The Morgan fingerprint density at radius 2 is 1.81 bits per heavy atom. The second-order valence-corrected chi connectivity index (χ2v) is 10.4. The van der Waals surface area contributed by atoms with Gasteiger partial charge in [0.2, 0.25) is 0 Å². The maximum Gasteiger partial charge on any atom is 0.303 e. The molecule has 0 aliphatic heterocycles. The SMILES string of the molecule is CCCCC1(CCC2CC2)Cc2cc(OCCCCCCCC(=O)O)c(Cl)c(Cl)c2C1=O. The number of ether oxygens (including phenoxy) is 1. The first kappa shape index (κ1) is 25.4. The molecule has 178 valence electrons. The first-order valence-corrected chi connectivity index (χ1v) is 13.0. The molecular formula is C26H36Cl2O4. The van der Waals surface area contributed by atoms with Crippen LogP contribution in [0.1, 0.15) is 106 Å². The molecule has 0 amide bonds. The first-order valence-electron chi connectivity index (χ1n) is 12.3. The molecular weight excluding hydrogens is 447 g/mol. The summed E-state index contributed by atoms with van der Waals surface area (Å²) in [4.78, 5) is 24.1. The van der Waals surface area contributed by atoms with Crippen LogP contribution in [0.4, 0.5) is 0 Å². The molecule has 0 saturated heterocycles. The third-order valence-electron chi connectivity index (χ3n) is 7.02. The van der Waals surface area contributed by atoms with Crippen LogP contribution < -0.4 is 4.74 Å². The lowest BCUT2D eigenvalue weighted by atomic mass is 9.75. The van der Waals surface area contributed by atoms with Crippen LogP contribution in [0.3, 0.4) is 0 Å². The van der Waals surface area contributed by atoms with E-state index in [4.69, 9.17) is 33.0 Å². The van der Waals surface area contributed by atoms with Crippen LogP contribution in [0.2, 0.25) is 10.0 Å². The largest absolute Gasteiger partial charge is 0.492 e. The van der Waals surface area contributed by atoms with E-state index < -0.39 is 5.97 Å². The minimum Gasteiger partial charge on any atom is -0.492 e. The number of carboxylic acids is 1. The van der Waals surface area contributed by atoms with Crippen molar-refractivity contribution in [2.45, 2.75) is 96.8 Å². The van der Waals surface area contributed by atoms with Gasteiger partial charge in [0.25, 0.3) is 0 Å². The second-order valence-electron chi connectivity index (χ2n) is 9.67. The molecule has 2 aliphatic rings. The van der Waals surface area contributed by atoms with Crippen molar-refractivity contribution in [3.05, 3.63) is 27.2 Å². The molecule has 6 heteroatoms. The fraction of sp³-hybridized carbons (Fsp3) is 0.692. The molecule has 1 atom stereocenters. The van der Waals surface area contributed by atoms with E-state index in [1.807, 2.05) is 6.07 Å². The van der Waals surface area contributed by atoms with Gasteiger partial charge in [0, 0.05) is 17.4 Å². The summed E-state index contributed by atoms with van der Waals surface area (Å²) < 4.78 is 5.96. The number of fused-ring (bicyclic) bond motifs is 1. The molecule has 1 N–H and O–H groups in total. The lowest BCUT2D eigenvalue weighted by Gasteiger charge is -2.27. The predicted molar refractivity (Wildman–Crippen MR) is 129 cm³/mol. The van der Waals surface area contributed by atoms with E-state index in [1.54, 1.807) is 0 Å². The maximum atomic E-state index is 13.5. The van der Waals surface area contributed by atoms with Gasteiger partial charge < -0.3 is 9.84 Å². The van der Waals surface area contributed by atoms with Crippen molar-refractivity contribution in [2.75, 3.05) is 6.61 Å². The molecule has 1 aromatic carbocycles. The highest BCUT2D eigenvalue weighted by Gasteiger charge is 2.47. The number of hydrogen-bond acceptors (Lipinski definition) is 3. The van der Waals surface area contributed by atoms with E-state index in [9.17, 15) is 9.59 Å². The van der Waals surface area contributed by atoms with E-state index in [1.165, 1.54) is 12.8 Å². The first-order chi connectivity index (χ1) is 15.4. The zero-order valence-corrected chi connectivity index (χ0v) is 20.7. The molecule has 32 heavy (non-hydrogen) atoms.